The number of rotatable bonds is 5. The second-order valence-electron chi connectivity index (χ2n) is 4.60. The highest BCUT2D eigenvalue weighted by molar-refractivity contribution is 5.62. The molecule has 1 aliphatic carbocycles. The van der Waals surface area contributed by atoms with E-state index in [1.807, 2.05) is 0 Å². The van der Waals surface area contributed by atoms with E-state index < -0.39 is 16.4 Å². The van der Waals surface area contributed by atoms with Crippen LogP contribution in [0.5, 0.6) is 0 Å². The minimum absolute atomic E-state index is 0.264. The van der Waals surface area contributed by atoms with Gasteiger partial charge in [-0.15, -0.1) is 0 Å². The number of nitrogens with zero attached hydrogens (tertiary/aromatic N) is 1. The standard InChI is InChI=1S/C12H15FN2O2/c1-2-12(6-7-12)8-14-10-5-3-4-9(13)11(10)15(16)17/h3-5,14H,2,6-8H2,1H3. The van der Waals surface area contributed by atoms with Crippen LogP contribution in [0.1, 0.15) is 26.2 Å². The smallest absolute Gasteiger partial charge is 0.327 e. The second kappa shape index (κ2) is 4.31. The van der Waals surface area contributed by atoms with Gasteiger partial charge in [-0.2, -0.15) is 4.39 Å². The Kier molecular flexibility index (Phi) is 3.00. The third-order valence-corrected chi connectivity index (χ3v) is 3.53. The van der Waals surface area contributed by atoms with Crippen molar-refractivity contribution in [2.24, 2.45) is 5.41 Å². The molecule has 0 atom stereocenters. The summed E-state index contributed by atoms with van der Waals surface area (Å²) in [5, 5.41) is 13.8. The Bertz CT molecular complexity index is 444. The maximum absolute atomic E-state index is 13.3. The van der Waals surface area contributed by atoms with Gasteiger partial charge in [0.15, 0.2) is 0 Å². The number of halogens is 1. The highest BCUT2D eigenvalue weighted by atomic mass is 19.1. The summed E-state index contributed by atoms with van der Waals surface area (Å²) < 4.78 is 13.3. The van der Waals surface area contributed by atoms with E-state index in [0.29, 0.717) is 6.54 Å². The average Bonchev–Trinajstić information content (AvgIpc) is 3.06. The van der Waals surface area contributed by atoms with Gasteiger partial charge in [-0.1, -0.05) is 13.0 Å². The average molecular weight is 238 g/mol. The normalized spacial score (nSPS) is 16.6. The minimum Gasteiger partial charge on any atom is -0.379 e. The van der Waals surface area contributed by atoms with Gasteiger partial charge in [0, 0.05) is 6.54 Å². The number of nitrogens with one attached hydrogen (secondary N) is 1. The molecule has 17 heavy (non-hydrogen) atoms. The van der Waals surface area contributed by atoms with Crippen LogP contribution in [-0.4, -0.2) is 11.5 Å². The first-order chi connectivity index (χ1) is 8.08. The third kappa shape index (κ3) is 2.38. The molecule has 0 aromatic heterocycles. The number of para-hydroxylation sites is 1. The fraction of sp³-hybridized carbons (Fsp3) is 0.500. The van der Waals surface area contributed by atoms with Crippen LogP contribution >= 0.6 is 0 Å². The summed E-state index contributed by atoms with van der Waals surface area (Å²) in [7, 11) is 0. The van der Waals surface area contributed by atoms with Crippen molar-refractivity contribution in [3.05, 3.63) is 34.1 Å². The van der Waals surface area contributed by atoms with E-state index >= 15 is 0 Å². The zero-order chi connectivity index (χ0) is 12.5. The van der Waals surface area contributed by atoms with Crippen molar-refractivity contribution in [1.82, 2.24) is 0 Å². The quantitative estimate of drug-likeness (QED) is 0.632. The largest absolute Gasteiger partial charge is 0.379 e. The lowest BCUT2D eigenvalue weighted by Crippen LogP contribution is -2.15. The molecule has 0 aliphatic heterocycles. The molecule has 0 bridgehead atoms. The van der Waals surface area contributed by atoms with Crippen molar-refractivity contribution >= 4 is 11.4 Å². The van der Waals surface area contributed by atoms with Gasteiger partial charge in [-0.25, -0.2) is 0 Å². The maximum atomic E-state index is 13.3. The van der Waals surface area contributed by atoms with E-state index in [-0.39, 0.29) is 11.1 Å². The van der Waals surface area contributed by atoms with Gasteiger partial charge in [-0.05, 0) is 36.8 Å². The summed E-state index contributed by atoms with van der Waals surface area (Å²) in [5.41, 5.74) is 0.0781. The lowest BCUT2D eigenvalue weighted by molar-refractivity contribution is -0.386. The number of benzene rings is 1. The second-order valence-corrected chi connectivity index (χ2v) is 4.60. The summed E-state index contributed by atoms with van der Waals surface area (Å²) >= 11 is 0. The predicted octanol–water partition coefficient (Wildman–Crippen LogP) is 3.34. The number of hydrogen-bond donors (Lipinski definition) is 1. The van der Waals surface area contributed by atoms with Gasteiger partial charge in [-0.3, -0.25) is 10.1 Å². The molecule has 1 aromatic carbocycles. The first-order valence-electron chi connectivity index (χ1n) is 5.75. The molecule has 2 rings (SSSR count). The van der Waals surface area contributed by atoms with Gasteiger partial charge < -0.3 is 5.32 Å². The Morgan fingerprint density at radius 2 is 2.24 bits per heavy atom. The molecule has 1 saturated carbocycles. The number of nitro groups is 1. The third-order valence-electron chi connectivity index (χ3n) is 3.53. The van der Waals surface area contributed by atoms with Crippen molar-refractivity contribution in [2.75, 3.05) is 11.9 Å². The van der Waals surface area contributed by atoms with Crippen molar-refractivity contribution in [2.45, 2.75) is 26.2 Å². The van der Waals surface area contributed by atoms with Gasteiger partial charge in [0.1, 0.15) is 5.69 Å². The van der Waals surface area contributed by atoms with Gasteiger partial charge in [0.25, 0.3) is 0 Å². The van der Waals surface area contributed by atoms with E-state index in [2.05, 4.69) is 12.2 Å². The van der Waals surface area contributed by atoms with E-state index in [1.165, 1.54) is 6.07 Å². The summed E-state index contributed by atoms with van der Waals surface area (Å²) in [5.74, 6) is -0.790. The number of anilines is 1. The molecule has 0 amide bonds. The van der Waals surface area contributed by atoms with Crippen LogP contribution in [0.25, 0.3) is 0 Å². The highest BCUT2D eigenvalue weighted by Crippen LogP contribution is 2.48. The lowest BCUT2D eigenvalue weighted by atomic mass is 10.0. The van der Waals surface area contributed by atoms with Gasteiger partial charge >= 0.3 is 5.69 Å². The molecule has 0 unspecified atom stereocenters. The van der Waals surface area contributed by atoms with E-state index in [1.54, 1.807) is 6.07 Å². The van der Waals surface area contributed by atoms with Crippen molar-refractivity contribution in [3.8, 4) is 0 Å². The van der Waals surface area contributed by atoms with Crippen molar-refractivity contribution in [1.29, 1.82) is 0 Å². The molecule has 0 saturated heterocycles. The molecule has 4 nitrogen and oxygen atoms in total. The van der Waals surface area contributed by atoms with Crippen LogP contribution in [0.4, 0.5) is 15.8 Å². The molecule has 1 aliphatic rings. The van der Waals surface area contributed by atoms with Crippen LogP contribution in [0.3, 0.4) is 0 Å². The van der Waals surface area contributed by atoms with Crippen LogP contribution in [0.2, 0.25) is 0 Å². The highest BCUT2D eigenvalue weighted by Gasteiger charge is 2.40. The lowest BCUT2D eigenvalue weighted by Gasteiger charge is -2.14. The fourth-order valence-electron chi connectivity index (χ4n) is 1.96. The Morgan fingerprint density at radius 1 is 1.53 bits per heavy atom. The molecule has 1 fully saturated rings. The zero-order valence-electron chi connectivity index (χ0n) is 9.70. The summed E-state index contributed by atoms with van der Waals surface area (Å²) in [6.45, 7) is 2.78. The fourth-order valence-corrected chi connectivity index (χ4v) is 1.96. The zero-order valence-corrected chi connectivity index (χ0v) is 9.70. The monoisotopic (exact) mass is 238 g/mol. The van der Waals surface area contributed by atoms with Crippen LogP contribution in [0.15, 0.2) is 18.2 Å². The van der Waals surface area contributed by atoms with Crippen molar-refractivity contribution in [3.63, 3.8) is 0 Å². The van der Waals surface area contributed by atoms with Crippen LogP contribution in [-0.2, 0) is 0 Å². The molecule has 1 N–H and O–H groups in total. The van der Waals surface area contributed by atoms with E-state index in [9.17, 15) is 14.5 Å². The Hall–Kier alpha value is -1.65. The summed E-state index contributed by atoms with van der Waals surface area (Å²) in [4.78, 5) is 10.1. The topological polar surface area (TPSA) is 55.2 Å². The first kappa shape index (κ1) is 11.8. The van der Waals surface area contributed by atoms with Crippen LogP contribution in [0, 0.1) is 21.3 Å². The molecule has 5 heteroatoms. The Balaban J connectivity index is 2.15. The molecule has 0 heterocycles. The van der Waals surface area contributed by atoms with Gasteiger partial charge in [0.05, 0.1) is 4.92 Å². The first-order valence-corrected chi connectivity index (χ1v) is 5.75. The molecular weight excluding hydrogens is 223 g/mol. The number of hydrogen-bond acceptors (Lipinski definition) is 3. The molecule has 1 aromatic rings. The molecule has 92 valence electrons. The van der Waals surface area contributed by atoms with Crippen molar-refractivity contribution < 1.29 is 9.31 Å². The number of nitro benzene ring substituents is 1. The SMILES string of the molecule is CCC1(CNc2cccc(F)c2[N+](=O)[O-])CC1. The van der Waals surface area contributed by atoms with E-state index in [0.717, 1.165) is 25.3 Å². The molecular formula is C12H15FN2O2. The molecule has 0 radical (unpaired) electrons. The maximum Gasteiger partial charge on any atom is 0.327 e. The minimum atomic E-state index is -0.790. The summed E-state index contributed by atoms with van der Waals surface area (Å²) in [6, 6.07) is 4.14. The Labute approximate surface area is 99.0 Å². The molecule has 0 spiro atoms. The Morgan fingerprint density at radius 3 is 2.76 bits per heavy atom. The predicted molar refractivity (Wildman–Crippen MR) is 63.5 cm³/mol. The summed E-state index contributed by atoms with van der Waals surface area (Å²) in [6.07, 6.45) is 3.32. The van der Waals surface area contributed by atoms with E-state index in [4.69, 9.17) is 0 Å². The van der Waals surface area contributed by atoms with Gasteiger partial charge in [0.2, 0.25) is 5.82 Å². The van der Waals surface area contributed by atoms with Crippen LogP contribution < -0.4 is 5.32 Å².